The molecule has 0 amide bonds. The molecule has 100 valence electrons. The molecule has 3 unspecified atom stereocenters. The molecule has 0 aromatic heterocycles. The molecular weight excluding hydrogens is 212 g/mol. The van der Waals surface area contributed by atoms with Crippen molar-refractivity contribution in [2.45, 2.75) is 82.8 Å². The summed E-state index contributed by atoms with van der Waals surface area (Å²) in [5.74, 6) is 0.909. The molecule has 0 aromatic carbocycles. The molecule has 2 N–H and O–H groups in total. The molecule has 0 heterocycles. The summed E-state index contributed by atoms with van der Waals surface area (Å²) in [7, 11) is 0. The Labute approximate surface area is 105 Å². The zero-order valence-corrected chi connectivity index (χ0v) is 11.2. The lowest BCUT2D eigenvalue weighted by Gasteiger charge is -2.43. The van der Waals surface area contributed by atoms with Crippen molar-refractivity contribution in [1.82, 2.24) is 0 Å². The van der Waals surface area contributed by atoms with E-state index in [0.29, 0.717) is 5.92 Å². The summed E-state index contributed by atoms with van der Waals surface area (Å²) in [5, 5.41) is 21.1. The lowest BCUT2D eigenvalue weighted by atomic mass is 9.70. The predicted octanol–water partition coefficient (Wildman–Crippen LogP) is 3.26. The Kier molecular flexibility index (Phi) is 4.48. The lowest BCUT2D eigenvalue weighted by molar-refractivity contribution is -0.136. The van der Waals surface area contributed by atoms with Gasteiger partial charge in [-0.2, -0.15) is 0 Å². The van der Waals surface area contributed by atoms with Crippen LogP contribution in [0.3, 0.4) is 0 Å². The second-order valence-electron chi connectivity index (χ2n) is 6.39. The third-order valence-corrected chi connectivity index (χ3v) is 5.18. The van der Waals surface area contributed by atoms with Crippen LogP contribution in [0.1, 0.15) is 71.1 Å². The van der Waals surface area contributed by atoms with Crippen LogP contribution in [-0.2, 0) is 0 Å². The average molecular weight is 240 g/mol. The molecule has 0 bridgehead atoms. The van der Waals surface area contributed by atoms with Crippen molar-refractivity contribution in [2.24, 2.45) is 11.8 Å². The minimum atomic E-state index is -0.796. The van der Waals surface area contributed by atoms with Gasteiger partial charge in [0.15, 0.2) is 0 Å². The van der Waals surface area contributed by atoms with E-state index in [4.69, 9.17) is 0 Å². The predicted molar refractivity (Wildman–Crippen MR) is 69.8 cm³/mol. The zero-order valence-electron chi connectivity index (χ0n) is 11.2. The number of rotatable bonds is 3. The number of hydrogen-bond acceptors (Lipinski definition) is 2. The van der Waals surface area contributed by atoms with Crippen LogP contribution < -0.4 is 0 Å². The normalized spacial score (nSPS) is 37.9. The van der Waals surface area contributed by atoms with E-state index >= 15 is 0 Å². The monoisotopic (exact) mass is 240 g/mol. The van der Waals surface area contributed by atoms with Gasteiger partial charge in [-0.15, -0.1) is 0 Å². The van der Waals surface area contributed by atoms with Gasteiger partial charge in [0.25, 0.3) is 0 Å². The lowest BCUT2D eigenvalue weighted by Crippen LogP contribution is -2.50. The highest BCUT2D eigenvalue weighted by molar-refractivity contribution is 4.94. The largest absolute Gasteiger partial charge is 0.390 e. The van der Waals surface area contributed by atoms with Crippen LogP contribution >= 0.6 is 0 Å². The topological polar surface area (TPSA) is 40.5 Å². The molecule has 0 radical (unpaired) electrons. The van der Waals surface area contributed by atoms with Gasteiger partial charge < -0.3 is 10.2 Å². The molecule has 0 aromatic rings. The number of aliphatic hydroxyl groups excluding tert-OH is 1. The molecular formula is C15H28O2. The van der Waals surface area contributed by atoms with Crippen LogP contribution in [-0.4, -0.2) is 21.9 Å². The molecule has 0 spiro atoms. The molecule has 2 heteroatoms. The van der Waals surface area contributed by atoms with Gasteiger partial charge in [0.2, 0.25) is 0 Å². The highest BCUT2D eigenvalue weighted by atomic mass is 16.3. The average Bonchev–Trinajstić information content (AvgIpc) is 2.34. The van der Waals surface area contributed by atoms with Gasteiger partial charge in [-0.3, -0.25) is 0 Å². The first-order chi connectivity index (χ1) is 8.13. The van der Waals surface area contributed by atoms with E-state index in [1.54, 1.807) is 0 Å². The van der Waals surface area contributed by atoms with E-state index in [2.05, 4.69) is 6.92 Å². The standard InChI is InChI=1S/C15H28O2/c1-12-7-5-6-10-15(12,17)14(16)11-13-8-3-2-4-9-13/h12-14,16-17H,2-11H2,1H3. The van der Waals surface area contributed by atoms with Crippen LogP contribution in [0.2, 0.25) is 0 Å². The maximum Gasteiger partial charge on any atom is 0.0930 e. The Balaban J connectivity index is 1.90. The summed E-state index contributed by atoms with van der Waals surface area (Å²) in [4.78, 5) is 0. The maximum atomic E-state index is 10.7. The molecule has 3 atom stereocenters. The number of hydrogen-bond donors (Lipinski definition) is 2. The van der Waals surface area contributed by atoms with Crippen LogP contribution in [0.15, 0.2) is 0 Å². The third kappa shape index (κ3) is 3.03. The van der Waals surface area contributed by atoms with Crippen molar-refractivity contribution in [2.75, 3.05) is 0 Å². The molecule has 2 rings (SSSR count). The van der Waals surface area contributed by atoms with Crippen molar-refractivity contribution < 1.29 is 10.2 Å². The van der Waals surface area contributed by atoms with Gasteiger partial charge in [-0.05, 0) is 31.1 Å². The van der Waals surface area contributed by atoms with E-state index in [-0.39, 0.29) is 5.92 Å². The van der Waals surface area contributed by atoms with Gasteiger partial charge in [0.1, 0.15) is 0 Å². The van der Waals surface area contributed by atoms with E-state index < -0.39 is 11.7 Å². The molecule has 2 aliphatic rings. The molecule has 2 fully saturated rings. The Morgan fingerprint density at radius 1 is 1.06 bits per heavy atom. The summed E-state index contributed by atoms with van der Waals surface area (Å²) >= 11 is 0. The van der Waals surface area contributed by atoms with Crippen LogP contribution in [0.25, 0.3) is 0 Å². The second-order valence-corrected chi connectivity index (χ2v) is 6.39. The molecule has 0 saturated heterocycles. The van der Waals surface area contributed by atoms with Gasteiger partial charge >= 0.3 is 0 Å². The van der Waals surface area contributed by atoms with Gasteiger partial charge in [-0.1, -0.05) is 51.9 Å². The van der Waals surface area contributed by atoms with Crippen molar-refractivity contribution in [1.29, 1.82) is 0 Å². The van der Waals surface area contributed by atoms with Crippen LogP contribution in [0.5, 0.6) is 0 Å². The summed E-state index contributed by atoms with van der Waals surface area (Å²) in [5.41, 5.74) is -0.796. The summed E-state index contributed by atoms with van der Waals surface area (Å²) in [6.45, 7) is 2.10. The fourth-order valence-electron chi connectivity index (χ4n) is 3.79. The fourth-order valence-corrected chi connectivity index (χ4v) is 3.79. The molecule has 2 aliphatic carbocycles. The van der Waals surface area contributed by atoms with Gasteiger partial charge in [0, 0.05) is 0 Å². The molecule has 2 nitrogen and oxygen atoms in total. The minimum absolute atomic E-state index is 0.259. The summed E-state index contributed by atoms with van der Waals surface area (Å²) in [6, 6.07) is 0. The fraction of sp³-hybridized carbons (Fsp3) is 1.00. The van der Waals surface area contributed by atoms with E-state index in [1.807, 2.05) is 0 Å². The maximum absolute atomic E-state index is 10.7. The van der Waals surface area contributed by atoms with Crippen molar-refractivity contribution in [3.8, 4) is 0 Å². The zero-order chi connectivity index (χ0) is 12.3. The Hall–Kier alpha value is -0.0800. The van der Waals surface area contributed by atoms with Gasteiger partial charge in [0.05, 0.1) is 11.7 Å². The second kappa shape index (κ2) is 5.71. The van der Waals surface area contributed by atoms with Crippen molar-refractivity contribution in [3.63, 3.8) is 0 Å². The molecule has 17 heavy (non-hydrogen) atoms. The summed E-state index contributed by atoms with van der Waals surface area (Å²) in [6.07, 6.45) is 10.9. The molecule has 0 aliphatic heterocycles. The van der Waals surface area contributed by atoms with E-state index in [9.17, 15) is 10.2 Å². The smallest absolute Gasteiger partial charge is 0.0930 e. The third-order valence-electron chi connectivity index (χ3n) is 5.18. The SMILES string of the molecule is CC1CCCCC1(O)C(O)CC1CCCCC1. The van der Waals surface area contributed by atoms with E-state index in [0.717, 1.165) is 25.7 Å². The van der Waals surface area contributed by atoms with Crippen LogP contribution in [0, 0.1) is 11.8 Å². The van der Waals surface area contributed by atoms with Crippen LogP contribution in [0.4, 0.5) is 0 Å². The first kappa shape index (κ1) is 13.4. The highest BCUT2D eigenvalue weighted by Crippen LogP contribution is 2.39. The summed E-state index contributed by atoms with van der Waals surface area (Å²) < 4.78 is 0. The molecule has 2 saturated carbocycles. The van der Waals surface area contributed by atoms with Gasteiger partial charge in [-0.25, -0.2) is 0 Å². The van der Waals surface area contributed by atoms with E-state index in [1.165, 1.54) is 38.5 Å². The van der Waals surface area contributed by atoms with Crippen molar-refractivity contribution >= 4 is 0 Å². The Bertz CT molecular complexity index is 235. The highest BCUT2D eigenvalue weighted by Gasteiger charge is 2.42. The van der Waals surface area contributed by atoms with Crippen molar-refractivity contribution in [3.05, 3.63) is 0 Å². The minimum Gasteiger partial charge on any atom is -0.390 e. The Morgan fingerprint density at radius 3 is 2.35 bits per heavy atom. The first-order valence-corrected chi connectivity index (χ1v) is 7.53. The quantitative estimate of drug-likeness (QED) is 0.795. The first-order valence-electron chi connectivity index (χ1n) is 7.53. The Morgan fingerprint density at radius 2 is 1.71 bits per heavy atom. The number of aliphatic hydroxyl groups is 2.